The summed E-state index contributed by atoms with van der Waals surface area (Å²) in [6, 6.07) is 26.8. The number of rotatable bonds is 7. The highest BCUT2D eigenvalue weighted by molar-refractivity contribution is 7.88. The maximum atomic E-state index is 13.1. The molecule has 1 fully saturated rings. The van der Waals surface area contributed by atoms with E-state index in [1.807, 2.05) is 54.6 Å². The fraction of sp³-hybridized carbons (Fsp3) is 0.240. The van der Waals surface area contributed by atoms with E-state index >= 15 is 0 Å². The van der Waals surface area contributed by atoms with Gasteiger partial charge in [-0.25, -0.2) is 8.42 Å². The van der Waals surface area contributed by atoms with E-state index in [0.717, 1.165) is 23.2 Å². The molecule has 1 saturated heterocycles. The molecule has 0 amide bonds. The smallest absolute Gasteiger partial charge is 0.218 e. The van der Waals surface area contributed by atoms with Gasteiger partial charge in [-0.15, -0.1) is 0 Å². The third kappa shape index (κ3) is 5.13. The van der Waals surface area contributed by atoms with Gasteiger partial charge in [-0.3, -0.25) is 0 Å². The van der Waals surface area contributed by atoms with E-state index in [-0.39, 0.29) is 11.8 Å². The van der Waals surface area contributed by atoms with Crippen molar-refractivity contribution in [2.75, 3.05) is 18.0 Å². The molecule has 4 rings (SSSR count). The summed E-state index contributed by atoms with van der Waals surface area (Å²) >= 11 is 6.32. The Morgan fingerprint density at radius 2 is 1.66 bits per heavy atom. The van der Waals surface area contributed by atoms with Crippen molar-refractivity contribution in [1.29, 1.82) is 5.26 Å². The maximum Gasteiger partial charge on any atom is 0.218 e. The maximum absolute atomic E-state index is 13.1. The first-order valence-electron chi connectivity index (χ1n) is 10.5. The molecule has 0 radical (unpaired) electrons. The Kier molecular flexibility index (Phi) is 6.80. The lowest BCUT2D eigenvalue weighted by atomic mass is 10.1. The minimum absolute atomic E-state index is 0.00192. The average Bonchev–Trinajstić information content (AvgIpc) is 3.30. The van der Waals surface area contributed by atoms with Crippen molar-refractivity contribution in [3.8, 4) is 6.07 Å². The summed E-state index contributed by atoms with van der Waals surface area (Å²) in [6.45, 7) is 1.52. The molecule has 0 aromatic heterocycles. The molecule has 5 nitrogen and oxygen atoms in total. The van der Waals surface area contributed by atoms with Crippen LogP contribution >= 0.6 is 11.6 Å². The quantitative estimate of drug-likeness (QED) is 0.501. The lowest BCUT2D eigenvalue weighted by molar-refractivity contribution is 0.467. The SMILES string of the molecule is N#Cc1ccc(N(Cc2ccccc2)[C@H]2CCN(S(=O)(=O)Cc3ccccc3)C2)cc1Cl. The van der Waals surface area contributed by atoms with Gasteiger partial charge in [0.2, 0.25) is 10.0 Å². The van der Waals surface area contributed by atoms with Crippen LogP contribution in [0.5, 0.6) is 0 Å². The number of nitriles is 1. The van der Waals surface area contributed by atoms with Gasteiger partial charge in [0.1, 0.15) is 6.07 Å². The van der Waals surface area contributed by atoms with Gasteiger partial charge in [0.05, 0.1) is 16.3 Å². The topological polar surface area (TPSA) is 64.4 Å². The van der Waals surface area contributed by atoms with Crippen LogP contribution in [0.2, 0.25) is 5.02 Å². The number of halogens is 1. The van der Waals surface area contributed by atoms with Gasteiger partial charge < -0.3 is 4.90 Å². The number of nitrogens with zero attached hydrogens (tertiary/aromatic N) is 3. The molecule has 7 heteroatoms. The molecule has 0 aliphatic carbocycles. The van der Waals surface area contributed by atoms with Crippen LogP contribution in [0.1, 0.15) is 23.1 Å². The molecule has 0 N–H and O–H groups in total. The molecule has 1 aliphatic rings. The standard InChI is InChI=1S/C25H24ClN3O2S/c26-25-15-23(12-11-22(25)16-27)29(17-20-7-3-1-4-8-20)24-13-14-28(18-24)32(30,31)19-21-9-5-2-6-10-21/h1-12,15,24H,13-14,17-19H2/t24-/m0/s1. The number of hydrogen-bond donors (Lipinski definition) is 0. The minimum atomic E-state index is -3.42. The first-order chi connectivity index (χ1) is 15.5. The molecule has 1 aliphatic heterocycles. The van der Waals surface area contributed by atoms with E-state index < -0.39 is 10.0 Å². The first kappa shape index (κ1) is 22.3. The summed E-state index contributed by atoms with van der Waals surface area (Å²) in [7, 11) is -3.42. The Labute approximate surface area is 194 Å². The fourth-order valence-corrected chi connectivity index (χ4v) is 5.87. The monoisotopic (exact) mass is 465 g/mol. The average molecular weight is 466 g/mol. The highest BCUT2D eigenvalue weighted by atomic mass is 35.5. The largest absolute Gasteiger partial charge is 0.363 e. The van der Waals surface area contributed by atoms with Gasteiger partial charge in [0, 0.05) is 31.4 Å². The van der Waals surface area contributed by atoms with Crippen LogP contribution in [0.15, 0.2) is 78.9 Å². The van der Waals surface area contributed by atoms with E-state index in [2.05, 4.69) is 23.1 Å². The van der Waals surface area contributed by atoms with E-state index in [0.29, 0.717) is 30.2 Å². The summed E-state index contributed by atoms with van der Waals surface area (Å²) < 4.78 is 27.7. The molecule has 1 atom stereocenters. The molecular weight excluding hydrogens is 442 g/mol. The molecule has 0 spiro atoms. The molecule has 32 heavy (non-hydrogen) atoms. The van der Waals surface area contributed by atoms with Crippen molar-refractivity contribution in [2.45, 2.75) is 24.8 Å². The highest BCUT2D eigenvalue weighted by Gasteiger charge is 2.34. The Balaban J connectivity index is 1.58. The van der Waals surface area contributed by atoms with Crippen LogP contribution < -0.4 is 4.90 Å². The molecule has 164 valence electrons. The van der Waals surface area contributed by atoms with Gasteiger partial charge >= 0.3 is 0 Å². The summed E-state index contributed by atoms with van der Waals surface area (Å²) in [4.78, 5) is 2.19. The summed E-state index contributed by atoms with van der Waals surface area (Å²) in [5.41, 5.74) is 3.22. The van der Waals surface area contributed by atoms with Gasteiger partial charge in [0.25, 0.3) is 0 Å². The Bertz CT molecular complexity index is 1210. The van der Waals surface area contributed by atoms with Crippen molar-refractivity contribution in [2.24, 2.45) is 0 Å². The zero-order valence-corrected chi connectivity index (χ0v) is 19.1. The van der Waals surface area contributed by atoms with Crippen LogP contribution in [0.4, 0.5) is 5.69 Å². The molecule has 0 saturated carbocycles. The van der Waals surface area contributed by atoms with Crippen molar-refractivity contribution >= 4 is 27.3 Å². The normalized spacial score (nSPS) is 16.6. The first-order valence-corrected chi connectivity index (χ1v) is 12.5. The Hall–Kier alpha value is -2.85. The van der Waals surface area contributed by atoms with Crippen molar-refractivity contribution in [1.82, 2.24) is 4.31 Å². The second kappa shape index (κ2) is 9.74. The predicted molar refractivity (Wildman–Crippen MR) is 128 cm³/mol. The van der Waals surface area contributed by atoms with Crippen LogP contribution in [0.3, 0.4) is 0 Å². The van der Waals surface area contributed by atoms with Crippen LogP contribution in [-0.4, -0.2) is 31.9 Å². The van der Waals surface area contributed by atoms with E-state index in [1.54, 1.807) is 16.4 Å². The zero-order valence-electron chi connectivity index (χ0n) is 17.6. The number of hydrogen-bond acceptors (Lipinski definition) is 4. The van der Waals surface area contributed by atoms with E-state index in [1.165, 1.54) is 0 Å². The van der Waals surface area contributed by atoms with Crippen molar-refractivity contribution < 1.29 is 8.42 Å². The zero-order chi connectivity index (χ0) is 22.6. The van der Waals surface area contributed by atoms with Crippen LogP contribution in [-0.2, 0) is 22.3 Å². The predicted octanol–water partition coefficient (Wildman–Crippen LogP) is 4.82. The summed E-state index contributed by atoms with van der Waals surface area (Å²) in [6.07, 6.45) is 0.721. The second-order valence-corrected chi connectivity index (χ2v) is 10.3. The van der Waals surface area contributed by atoms with Crippen molar-refractivity contribution in [3.63, 3.8) is 0 Å². The lowest BCUT2D eigenvalue weighted by Crippen LogP contribution is -2.39. The molecule has 3 aromatic rings. The van der Waals surface area contributed by atoms with E-state index in [4.69, 9.17) is 11.6 Å². The second-order valence-electron chi connectivity index (χ2n) is 7.93. The minimum Gasteiger partial charge on any atom is -0.363 e. The summed E-state index contributed by atoms with van der Waals surface area (Å²) in [5.74, 6) is 0.00192. The Morgan fingerprint density at radius 1 is 1.00 bits per heavy atom. The van der Waals surface area contributed by atoms with E-state index in [9.17, 15) is 13.7 Å². The number of benzene rings is 3. The van der Waals surface area contributed by atoms with Crippen LogP contribution in [0.25, 0.3) is 0 Å². The summed E-state index contributed by atoms with van der Waals surface area (Å²) in [5, 5.41) is 9.62. The third-order valence-corrected chi connectivity index (χ3v) is 7.88. The van der Waals surface area contributed by atoms with Gasteiger partial charge in [-0.05, 0) is 35.7 Å². The van der Waals surface area contributed by atoms with Crippen molar-refractivity contribution in [3.05, 3.63) is 101 Å². The lowest BCUT2D eigenvalue weighted by Gasteiger charge is -2.32. The molecule has 3 aromatic carbocycles. The molecule has 0 bridgehead atoms. The number of anilines is 1. The Morgan fingerprint density at radius 3 is 2.28 bits per heavy atom. The molecule has 0 unspecified atom stereocenters. The molecule has 1 heterocycles. The molecular formula is C25H24ClN3O2S. The number of sulfonamides is 1. The third-order valence-electron chi connectivity index (χ3n) is 5.75. The van der Waals surface area contributed by atoms with Gasteiger partial charge in [0.15, 0.2) is 0 Å². The van der Waals surface area contributed by atoms with Gasteiger partial charge in [-0.1, -0.05) is 72.3 Å². The fourth-order valence-electron chi connectivity index (χ4n) is 4.08. The van der Waals surface area contributed by atoms with Gasteiger partial charge in [-0.2, -0.15) is 9.57 Å². The van der Waals surface area contributed by atoms with Crippen LogP contribution in [0, 0.1) is 11.3 Å². The highest BCUT2D eigenvalue weighted by Crippen LogP contribution is 2.30.